The number of methoxy groups -OCH3 is 1. The summed E-state index contributed by atoms with van der Waals surface area (Å²) < 4.78 is 5.14. The van der Waals surface area contributed by atoms with Gasteiger partial charge in [-0.2, -0.15) is 0 Å². The van der Waals surface area contributed by atoms with Crippen molar-refractivity contribution in [3.05, 3.63) is 52.3 Å². The number of para-hydroxylation sites is 1. The van der Waals surface area contributed by atoms with E-state index in [0.717, 1.165) is 0 Å². The number of H-pyrrole nitrogens is 1. The van der Waals surface area contributed by atoms with Crippen LogP contribution < -0.4 is 10.3 Å². The van der Waals surface area contributed by atoms with Gasteiger partial charge in [0.15, 0.2) is 11.5 Å². The molecular weight excluding hydrogens is 304 g/mol. The third-order valence-electron chi connectivity index (χ3n) is 3.40. The van der Waals surface area contributed by atoms with Gasteiger partial charge in [-0.15, -0.1) is 11.6 Å². The maximum Gasteiger partial charge on any atom is 0.259 e. The van der Waals surface area contributed by atoms with Crippen molar-refractivity contribution in [3.8, 4) is 22.9 Å². The molecule has 0 aliphatic carbocycles. The van der Waals surface area contributed by atoms with E-state index in [1.54, 1.807) is 30.3 Å². The SMILES string of the molecule is COc1cc(-c2nc3ccccc3c(=O)[nH]2)cc(CCl)c1O. The second-order valence-electron chi connectivity index (χ2n) is 4.75. The Kier molecular flexibility index (Phi) is 3.73. The Morgan fingerprint density at radius 3 is 2.82 bits per heavy atom. The largest absolute Gasteiger partial charge is 0.504 e. The number of fused-ring (bicyclic) bond motifs is 1. The zero-order valence-corrected chi connectivity index (χ0v) is 12.5. The summed E-state index contributed by atoms with van der Waals surface area (Å²) in [4.78, 5) is 19.3. The summed E-state index contributed by atoms with van der Waals surface area (Å²) in [6.45, 7) is 0. The molecule has 6 heteroatoms. The number of nitrogens with one attached hydrogen (secondary N) is 1. The second-order valence-corrected chi connectivity index (χ2v) is 5.02. The number of hydrogen-bond donors (Lipinski definition) is 2. The van der Waals surface area contributed by atoms with Crippen LogP contribution in [0.2, 0.25) is 0 Å². The predicted octanol–water partition coefficient (Wildman–Crippen LogP) is 3.04. The maximum absolute atomic E-state index is 12.1. The lowest BCUT2D eigenvalue weighted by Gasteiger charge is -2.10. The third-order valence-corrected chi connectivity index (χ3v) is 3.69. The zero-order valence-electron chi connectivity index (χ0n) is 11.8. The molecule has 0 unspecified atom stereocenters. The molecule has 2 N–H and O–H groups in total. The highest BCUT2D eigenvalue weighted by Gasteiger charge is 2.13. The highest BCUT2D eigenvalue weighted by Crippen LogP contribution is 2.35. The molecule has 1 heterocycles. The standard InChI is InChI=1S/C16H13ClN2O3/c1-22-13-7-9(6-10(8-17)14(13)20)15-18-12-5-3-2-4-11(12)16(21)19-15/h2-7,20H,8H2,1H3,(H,18,19,21). The Balaban J connectivity index is 2.25. The minimum atomic E-state index is -0.222. The van der Waals surface area contributed by atoms with Crippen molar-refractivity contribution in [1.82, 2.24) is 9.97 Å². The number of rotatable bonds is 3. The Morgan fingerprint density at radius 2 is 2.09 bits per heavy atom. The van der Waals surface area contributed by atoms with E-state index in [1.807, 2.05) is 6.07 Å². The molecule has 0 bridgehead atoms. The molecule has 0 spiro atoms. The summed E-state index contributed by atoms with van der Waals surface area (Å²) >= 11 is 5.84. The topological polar surface area (TPSA) is 75.2 Å². The number of aromatic nitrogens is 2. The summed E-state index contributed by atoms with van der Waals surface area (Å²) in [6, 6.07) is 10.4. The molecule has 1 aromatic heterocycles. The fourth-order valence-electron chi connectivity index (χ4n) is 2.28. The van der Waals surface area contributed by atoms with E-state index in [1.165, 1.54) is 7.11 Å². The maximum atomic E-state index is 12.1. The predicted molar refractivity (Wildman–Crippen MR) is 85.6 cm³/mol. The van der Waals surface area contributed by atoms with Crippen molar-refractivity contribution in [1.29, 1.82) is 0 Å². The molecule has 0 amide bonds. The highest BCUT2D eigenvalue weighted by molar-refractivity contribution is 6.17. The molecule has 112 valence electrons. The number of ether oxygens (including phenoxy) is 1. The van der Waals surface area contributed by atoms with Crippen LogP contribution in [0.5, 0.6) is 11.5 Å². The Morgan fingerprint density at radius 1 is 1.32 bits per heavy atom. The fraction of sp³-hybridized carbons (Fsp3) is 0.125. The number of nitrogens with zero attached hydrogens (tertiary/aromatic N) is 1. The van der Waals surface area contributed by atoms with E-state index in [-0.39, 0.29) is 22.9 Å². The molecule has 5 nitrogen and oxygen atoms in total. The first-order valence-electron chi connectivity index (χ1n) is 6.59. The molecule has 0 radical (unpaired) electrons. The van der Waals surface area contributed by atoms with Crippen molar-refractivity contribution in [3.63, 3.8) is 0 Å². The first-order chi connectivity index (χ1) is 10.6. The molecule has 22 heavy (non-hydrogen) atoms. The second kappa shape index (κ2) is 5.69. The number of phenolic OH excluding ortho intramolecular Hbond substituents is 1. The highest BCUT2D eigenvalue weighted by atomic mass is 35.5. The molecule has 0 saturated carbocycles. The van der Waals surface area contributed by atoms with E-state index < -0.39 is 0 Å². The first-order valence-corrected chi connectivity index (χ1v) is 7.12. The summed E-state index contributed by atoms with van der Waals surface area (Å²) in [5.74, 6) is 0.787. The third kappa shape index (κ3) is 2.40. The normalized spacial score (nSPS) is 10.8. The molecule has 0 atom stereocenters. The number of alkyl halides is 1. The van der Waals surface area contributed by atoms with Gasteiger partial charge in [-0.1, -0.05) is 12.1 Å². The molecule has 0 fully saturated rings. The van der Waals surface area contributed by atoms with Crippen LogP contribution in [-0.2, 0) is 5.88 Å². The summed E-state index contributed by atoms with van der Waals surface area (Å²) in [7, 11) is 1.45. The Hall–Kier alpha value is -2.53. The first kappa shape index (κ1) is 14.4. The van der Waals surface area contributed by atoms with Crippen LogP contribution in [0.25, 0.3) is 22.3 Å². The zero-order chi connectivity index (χ0) is 15.7. The van der Waals surface area contributed by atoms with Gasteiger partial charge < -0.3 is 14.8 Å². The number of aromatic amines is 1. The molecule has 0 saturated heterocycles. The summed E-state index contributed by atoms with van der Waals surface area (Å²) in [6.07, 6.45) is 0. The van der Waals surface area contributed by atoms with Gasteiger partial charge in [-0.3, -0.25) is 4.79 Å². The van der Waals surface area contributed by atoms with Crippen LogP contribution in [-0.4, -0.2) is 22.2 Å². The van der Waals surface area contributed by atoms with E-state index in [2.05, 4.69) is 9.97 Å². The minimum absolute atomic E-state index is 0.00983. The molecule has 3 rings (SSSR count). The van der Waals surface area contributed by atoms with Crippen molar-refractivity contribution < 1.29 is 9.84 Å². The molecule has 3 aromatic rings. The van der Waals surface area contributed by atoms with E-state index in [9.17, 15) is 9.90 Å². The van der Waals surface area contributed by atoms with Gasteiger partial charge in [0.1, 0.15) is 5.82 Å². The van der Waals surface area contributed by atoms with Gasteiger partial charge in [0.2, 0.25) is 0 Å². The smallest absolute Gasteiger partial charge is 0.259 e. The van der Waals surface area contributed by atoms with Crippen LogP contribution in [0.15, 0.2) is 41.2 Å². The number of phenols is 1. The van der Waals surface area contributed by atoms with E-state index in [0.29, 0.717) is 27.9 Å². The van der Waals surface area contributed by atoms with Crippen LogP contribution in [0, 0.1) is 0 Å². The van der Waals surface area contributed by atoms with Gasteiger partial charge in [-0.05, 0) is 24.3 Å². The average Bonchev–Trinajstić information content (AvgIpc) is 2.55. The van der Waals surface area contributed by atoms with Gasteiger partial charge >= 0.3 is 0 Å². The minimum Gasteiger partial charge on any atom is -0.504 e. The lowest BCUT2D eigenvalue weighted by atomic mass is 10.1. The Bertz CT molecular complexity index is 880. The molecular formula is C16H13ClN2O3. The Labute approximate surface area is 131 Å². The van der Waals surface area contributed by atoms with Crippen LogP contribution in [0.1, 0.15) is 5.56 Å². The molecule has 0 aliphatic heterocycles. The van der Waals surface area contributed by atoms with Gasteiger partial charge in [0, 0.05) is 11.1 Å². The summed E-state index contributed by atoms with van der Waals surface area (Å²) in [5, 5.41) is 10.5. The number of aromatic hydroxyl groups is 1. The lowest BCUT2D eigenvalue weighted by molar-refractivity contribution is 0.371. The van der Waals surface area contributed by atoms with Gasteiger partial charge in [0.25, 0.3) is 5.56 Å². The van der Waals surface area contributed by atoms with Gasteiger partial charge in [-0.25, -0.2) is 4.98 Å². The average molecular weight is 317 g/mol. The monoisotopic (exact) mass is 316 g/mol. The number of hydrogen-bond acceptors (Lipinski definition) is 4. The molecule has 2 aromatic carbocycles. The van der Waals surface area contributed by atoms with Crippen LogP contribution >= 0.6 is 11.6 Å². The van der Waals surface area contributed by atoms with Crippen molar-refractivity contribution in [2.24, 2.45) is 0 Å². The van der Waals surface area contributed by atoms with E-state index >= 15 is 0 Å². The van der Waals surface area contributed by atoms with Crippen LogP contribution in [0.3, 0.4) is 0 Å². The van der Waals surface area contributed by atoms with Crippen molar-refractivity contribution in [2.45, 2.75) is 5.88 Å². The van der Waals surface area contributed by atoms with Crippen molar-refractivity contribution in [2.75, 3.05) is 7.11 Å². The number of halogens is 1. The number of benzene rings is 2. The summed E-state index contributed by atoms with van der Waals surface area (Å²) in [5.41, 5.74) is 1.50. The van der Waals surface area contributed by atoms with Gasteiger partial charge in [0.05, 0.1) is 23.9 Å². The quantitative estimate of drug-likeness (QED) is 0.728. The fourth-order valence-corrected chi connectivity index (χ4v) is 2.49. The molecule has 0 aliphatic rings. The lowest BCUT2D eigenvalue weighted by Crippen LogP contribution is -2.09. The van der Waals surface area contributed by atoms with Crippen LogP contribution in [0.4, 0.5) is 0 Å². The van der Waals surface area contributed by atoms with E-state index in [4.69, 9.17) is 16.3 Å². The van der Waals surface area contributed by atoms with Crippen molar-refractivity contribution >= 4 is 22.5 Å².